The topological polar surface area (TPSA) is 81.2 Å². The number of carbonyl (C=O) groups is 2. The van der Waals surface area contributed by atoms with E-state index in [1.165, 1.54) is 12.4 Å². The van der Waals surface area contributed by atoms with E-state index in [0.717, 1.165) is 0 Å². The van der Waals surface area contributed by atoms with E-state index in [9.17, 15) is 9.59 Å². The van der Waals surface area contributed by atoms with Gasteiger partial charge in [0.05, 0.1) is 12.4 Å². The zero-order valence-electron chi connectivity index (χ0n) is 12.8. The quantitative estimate of drug-likeness (QED) is 0.862. The van der Waals surface area contributed by atoms with E-state index in [4.69, 9.17) is 16.3 Å². The summed E-state index contributed by atoms with van der Waals surface area (Å²) in [5, 5.41) is 2.72. The van der Waals surface area contributed by atoms with E-state index < -0.39 is 23.5 Å². The van der Waals surface area contributed by atoms with Gasteiger partial charge >= 0.3 is 5.97 Å². The molecule has 0 aliphatic carbocycles. The highest BCUT2D eigenvalue weighted by atomic mass is 35.5. The molecule has 0 aromatic carbocycles. The van der Waals surface area contributed by atoms with Crippen LogP contribution in [-0.2, 0) is 9.53 Å². The monoisotopic (exact) mass is 313 g/mol. The molecule has 1 aromatic heterocycles. The summed E-state index contributed by atoms with van der Waals surface area (Å²) in [4.78, 5) is 31.9. The smallest absolute Gasteiger partial charge is 0.329 e. The molecule has 1 rings (SSSR count). The maximum atomic E-state index is 12.1. The van der Waals surface area contributed by atoms with Gasteiger partial charge in [0.2, 0.25) is 0 Å². The molecule has 21 heavy (non-hydrogen) atoms. The third-order valence-corrected chi connectivity index (χ3v) is 2.63. The maximum absolute atomic E-state index is 12.1. The number of aromatic nitrogens is 2. The summed E-state index contributed by atoms with van der Waals surface area (Å²) in [6.45, 7) is 8.95. The van der Waals surface area contributed by atoms with Crippen molar-refractivity contribution in [2.24, 2.45) is 5.92 Å². The second-order valence-electron chi connectivity index (χ2n) is 5.96. The second-order valence-corrected chi connectivity index (χ2v) is 6.34. The lowest BCUT2D eigenvalue weighted by molar-refractivity contribution is -0.158. The Morgan fingerprint density at radius 2 is 1.90 bits per heavy atom. The molecule has 0 saturated heterocycles. The minimum atomic E-state index is -0.766. The zero-order valence-corrected chi connectivity index (χ0v) is 13.6. The molecule has 1 amide bonds. The summed E-state index contributed by atoms with van der Waals surface area (Å²) in [5.41, 5.74) is -0.568. The van der Waals surface area contributed by atoms with Crippen LogP contribution in [0.25, 0.3) is 0 Å². The van der Waals surface area contributed by atoms with E-state index >= 15 is 0 Å². The number of hydrogen-bond acceptors (Lipinski definition) is 5. The number of nitrogens with one attached hydrogen (secondary N) is 1. The van der Waals surface area contributed by atoms with Crippen molar-refractivity contribution in [1.29, 1.82) is 0 Å². The van der Waals surface area contributed by atoms with Crippen molar-refractivity contribution in [3.8, 4) is 0 Å². The highest BCUT2D eigenvalue weighted by Gasteiger charge is 2.29. The Morgan fingerprint density at radius 1 is 1.29 bits per heavy atom. The lowest BCUT2D eigenvalue weighted by Gasteiger charge is -2.26. The van der Waals surface area contributed by atoms with Gasteiger partial charge in [-0.3, -0.25) is 9.78 Å². The van der Waals surface area contributed by atoms with Crippen molar-refractivity contribution in [3.05, 3.63) is 23.2 Å². The molecule has 0 bridgehead atoms. The van der Waals surface area contributed by atoms with Gasteiger partial charge in [0.15, 0.2) is 0 Å². The Morgan fingerprint density at radius 3 is 2.38 bits per heavy atom. The van der Waals surface area contributed by atoms with Crippen LogP contribution in [0.15, 0.2) is 12.4 Å². The number of carbonyl (C=O) groups excluding carboxylic acids is 2. The highest BCUT2D eigenvalue weighted by Crippen LogP contribution is 2.13. The molecule has 0 fully saturated rings. The molecule has 116 valence electrons. The first-order chi connectivity index (χ1) is 9.60. The molecular weight excluding hydrogens is 294 g/mol. The van der Waals surface area contributed by atoms with Gasteiger partial charge in [-0.1, -0.05) is 25.4 Å². The Balaban J connectivity index is 2.84. The van der Waals surface area contributed by atoms with Crippen molar-refractivity contribution < 1.29 is 14.3 Å². The van der Waals surface area contributed by atoms with Gasteiger partial charge in [-0.25, -0.2) is 9.78 Å². The summed E-state index contributed by atoms with van der Waals surface area (Å²) in [7, 11) is 0. The fraction of sp³-hybridized carbons (Fsp3) is 0.571. The summed E-state index contributed by atoms with van der Waals surface area (Å²) in [5.74, 6) is -1.13. The predicted octanol–water partition coefficient (Wildman–Crippen LogP) is 2.23. The van der Waals surface area contributed by atoms with E-state index in [-0.39, 0.29) is 16.8 Å². The van der Waals surface area contributed by atoms with E-state index in [0.29, 0.717) is 0 Å². The molecule has 0 radical (unpaired) electrons. The van der Waals surface area contributed by atoms with Gasteiger partial charge < -0.3 is 10.1 Å². The van der Waals surface area contributed by atoms with Crippen LogP contribution in [-0.4, -0.2) is 33.5 Å². The molecule has 0 saturated carbocycles. The summed E-state index contributed by atoms with van der Waals surface area (Å²) >= 11 is 5.69. The minimum absolute atomic E-state index is 0.0525. The van der Waals surface area contributed by atoms with Gasteiger partial charge in [-0.2, -0.15) is 0 Å². The minimum Gasteiger partial charge on any atom is -0.458 e. The molecule has 0 aliphatic heterocycles. The Kier molecular flexibility index (Phi) is 5.66. The van der Waals surface area contributed by atoms with Crippen LogP contribution < -0.4 is 5.32 Å². The van der Waals surface area contributed by atoms with Gasteiger partial charge in [0.25, 0.3) is 5.91 Å². The Labute approximate surface area is 129 Å². The number of nitrogens with zero attached hydrogens (tertiary/aromatic N) is 2. The first-order valence-corrected chi connectivity index (χ1v) is 6.99. The summed E-state index contributed by atoms with van der Waals surface area (Å²) in [6.07, 6.45) is 2.61. The first kappa shape index (κ1) is 17.4. The lowest BCUT2D eigenvalue weighted by Crippen LogP contribution is -2.47. The van der Waals surface area contributed by atoms with Crippen LogP contribution in [0.1, 0.15) is 45.1 Å². The van der Waals surface area contributed by atoms with Crippen LogP contribution in [0.2, 0.25) is 5.15 Å². The molecular formula is C14H20ClN3O3. The molecule has 6 nitrogen and oxygen atoms in total. The third-order valence-electron chi connectivity index (χ3n) is 2.45. The van der Waals surface area contributed by atoms with Crippen molar-refractivity contribution in [2.75, 3.05) is 0 Å². The van der Waals surface area contributed by atoms with Crippen LogP contribution >= 0.6 is 11.6 Å². The van der Waals surface area contributed by atoms with E-state index in [1.807, 2.05) is 13.8 Å². The van der Waals surface area contributed by atoms with Gasteiger partial charge in [-0.15, -0.1) is 0 Å². The van der Waals surface area contributed by atoms with Crippen LogP contribution in [0, 0.1) is 5.92 Å². The van der Waals surface area contributed by atoms with Crippen LogP contribution in [0.5, 0.6) is 0 Å². The fourth-order valence-corrected chi connectivity index (χ4v) is 1.68. The average molecular weight is 314 g/mol. The number of amides is 1. The van der Waals surface area contributed by atoms with Crippen molar-refractivity contribution in [2.45, 2.75) is 46.3 Å². The number of ether oxygens (including phenoxy) is 1. The normalized spacial score (nSPS) is 12.9. The SMILES string of the molecule is CC(C)[C@H](NC(=O)c1cncc(Cl)n1)C(=O)OC(C)(C)C. The van der Waals surface area contributed by atoms with E-state index in [1.54, 1.807) is 20.8 Å². The Hall–Kier alpha value is -1.69. The number of esters is 1. The van der Waals surface area contributed by atoms with Crippen molar-refractivity contribution >= 4 is 23.5 Å². The van der Waals surface area contributed by atoms with Crippen LogP contribution in [0.4, 0.5) is 0 Å². The summed E-state index contributed by atoms with van der Waals surface area (Å²) in [6, 6.07) is -0.766. The average Bonchev–Trinajstić information content (AvgIpc) is 2.32. The number of rotatable bonds is 4. The number of hydrogen-bond donors (Lipinski definition) is 1. The lowest BCUT2D eigenvalue weighted by atomic mass is 10.0. The summed E-state index contributed by atoms with van der Waals surface area (Å²) < 4.78 is 5.31. The highest BCUT2D eigenvalue weighted by molar-refractivity contribution is 6.29. The van der Waals surface area contributed by atoms with Gasteiger partial charge in [0, 0.05) is 0 Å². The fourth-order valence-electron chi connectivity index (χ4n) is 1.53. The van der Waals surface area contributed by atoms with Gasteiger partial charge in [-0.05, 0) is 26.7 Å². The second kappa shape index (κ2) is 6.85. The zero-order chi connectivity index (χ0) is 16.2. The molecule has 7 heteroatoms. The molecule has 1 aromatic rings. The largest absolute Gasteiger partial charge is 0.458 e. The standard InChI is InChI=1S/C14H20ClN3O3/c1-8(2)11(13(20)21-14(3,4)5)18-12(19)9-6-16-7-10(15)17-9/h6-8,11H,1-5H3,(H,18,19)/t11-/m0/s1. The van der Waals surface area contributed by atoms with Gasteiger partial charge in [0.1, 0.15) is 22.5 Å². The Bertz CT molecular complexity index is 526. The van der Waals surface area contributed by atoms with Crippen molar-refractivity contribution in [3.63, 3.8) is 0 Å². The molecule has 0 aliphatic rings. The number of halogens is 1. The molecule has 1 heterocycles. The van der Waals surface area contributed by atoms with E-state index in [2.05, 4.69) is 15.3 Å². The van der Waals surface area contributed by atoms with Crippen molar-refractivity contribution in [1.82, 2.24) is 15.3 Å². The molecule has 0 spiro atoms. The molecule has 0 unspecified atom stereocenters. The molecule has 1 atom stereocenters. The maximum Gasteiger partial charge on any atom is 0.329 e. The van der Waals surface area contributed by atoms with Crippen LogP contribution in [0.3, 0.4) is 0 Å². The predicted molar refractivity (Wildman–Crippen MR) is 79.0 cm³/mol. The molecule has 1 N–H and O–H groups in total. The first-order valence-electron chi connectivity index (χ1n) is 6.61. The third kappa shape index (κ3) is 5.67.